The molecular formula is C19H31O5P. The monoisotopic (exact) mass is 370 g/mol. The zero-order chi connectivity index (χ0) is 18.3. The largest absolute Gasteiger partial charge is 0.446 e. The van der Waals surface area contributed by atoms with Crippen LogP contribution in [0.15, 0.2) is 0 Å². The van der Waals surface area contributed by atoms with E-state index in [1.54, 1.807) is 13.8 Å². The summed E-state index contributed by atoms with van der Waals surface area (Å²) in [4.78, 5) is 12.3. The Morgan fingerprint density at radius 2 is 1.44 bits per heavy atom. The van der Waals surface area contributed by atoms with Gasteiger partial charge >= 0.3 is 13.6 Å². The van der Waals surface area contributed by atoms with Crippen LogP contribution < -0.4 is 0 Å². The summed E-state index contributed by atoms with van der Waals surface area (Å²) < 4.78 is 30.4. The van der Waals surface area contributed by atoms with E-state index in [9.17, 15) is 9.36 Å². The number of terminal acetylenes is 1. The summed E-state index contributed by atoms with van der Waals surface area (Å²) in [5.41, 5.74) is -1.03. The Labute approximate surface area is 151 Å². The Hall–Kier alpha value is -0.820. The second-order valence-corrected chi connectivity index (χ2v) is 9.59. The van der Waals surface area contributed by atoms with Gasteiger partial charge in [-0.05, 0) is 39.5 Å². The molecule has 2 aliphatic carbocycles. The maximum absolute atomic E-state index is 13.3. The summed E-state index contributed by atoms with van der Waals surface area (Å²) >= 11 is 0. The molecule has 0 saturated heterocycles. The van der Waals surface area contributed by atoms with Gasteiger partial charge in [-0.15, -0.1) is 6.42 Å². The zero-order valence-electron chi connectivity index (χ0n) is 15.5. The Balaban J connectivity index is 2.02. The van der Waals surface area contributed by atoms with Crippen molar-refractivity contribution in [1.29, 1.82) is 0 Å². The fourth-order valence-electron chi connectivity index (χ4n) is 3.40. The fraction of sp³-hybridized carbons (Fsp3) is 0.842. The van der Waals surface area contributed by atoms with Crippen LogP contribution in [0.25, 0.3) is 0 Å². The van der Waals surface area contributed by atoms with Crippen LogP contribution in [0.3, 0.4) is 0 Å². The number of hydrogen-bond acceptors (Lipinski definition) is 5. The van der Waals surface area contributed by atoms with E-state index in [2.05, 4.69) is 5.92 Å². The molecule has 2 rings (SSSR count). The second kappa shape index (κ2) is 9.21. The van der Waals surface area contributed by atoms with Crippen LogP contribution in [0.2, 0.25) is 0 Å². The van der Waals surface area contributed by atoms with Gasteiger partial charge in [0.25, 0.3) is 0 Å². The van der Waals surface area contributed by atoms with Crippen molar-refractivity contribution < 1.29 is 23.1 Å². The maximum Gasteiger partial charge on any atom is 0.342 e. The van der Waals surface area contributed by atoms with Crippen molar-refractivity contribution in [3.63, 3.8) is 0 Å². The highest BCUT2D eigenvalue weighted by Gasteiger charge is 2.37. The molecule has 0 aromatic carbocycles. The smallest absolute Gasteiger partial charge is 0.342 e. The molecule has 0 spiro atoms. The standard InChI is InChI=1S/C19H31O5P/c1-4-19(2,3)22-18(20)15-25(21,23-16-11-7-5-8-12-16)24-17-13-9-6-10-14-17/h1,16-17H,5-15H2,2-3H3. The first-order valence-electron chi connectivity index (χ1n) is 9.47. The van der Waals surface area contributed by atoms with Gasteiger partial charge in [0.05, 0.1) is 12.2 Å². The topological polar surface area (TPSA) is 61.8 Å². The second-order valence-electron chi connectivity index (χ2n) is 7.63. The van der Waals surface area contributed by atoms with Gasteiger partial charge in [-0.2, -0.15) is 0 Å². The quantitative estimate of drug-likeness (QED) is 0.365. The van der Waals surface area contributed by atoms with Gasteiger partial charge in [0, 0.05) is 0 Å². The predicted octanol–water partition coefficient (Wildman–Crippen LogP) is 4.83. The molecule has 142 valence electrons. The van der Waals surface area contributed by atoms with Gasteiger partial charge in [-0.25, -0.2) is 0 Å². The van der Waals surface area contributed by atoms with Crippen molar-refractivity contribution in [3.8, 4) is 12.3 Å². The molecule has 0 amide bonds. The van der Waals surface area contributed by atoms with Crippen LogP contribution in [-0.4, -0.2) is 29.9 Å². The van der Waals surface area contributed by atoms with E-state index in [0.717, 1.165) is 51.4 Å². The van der Waals surface area contributed by atoms with Crippen molar-refractivity contribution in [2.45, 2.75) is 95.9 Å². The first kappa shape index (κ1) is 20.5. The third kappa shape index (κ3) is 7.13. The normalized spacial score (nSPS) is 20.8. The first-order chi connectivity index (χ1) is 11.8. The molecule has 0 aromatic rings. The molecule has 0 radical (unpaired) electrons. The molecule has 0 unspecified atom stereocenters. The van der Waals surface area contributed by atoms with E-state index < -0.39 is 19.2 Å². The molecule has 0 bridgehead atoms. The number of hydrogen-bond donors (Lipinski definition) is 0. The fourth-order valence-corrected chi connectivity index (χ4v) is 5.31. The van der Waals surface area contributed by atoms with Crippen molar-refractivity contribution >= 4 is 13.6 Å². The summed E-state index contributed by atoms with van der Waals surface area (Å²) in [5.74, 6) is 1.78. The number of carbonyl (C=O) groups excluding carboxylic acids is 1. The molecule has 5 nitrogen and oxygen atoms in total. The van der Waals surface area contributed by atoms with Crippen LogP contribution in [0.1, 0.15) is 78.1 Å². The van der Waals surface area contributed by atoms with Crippen LogP contribution in [0.4, 0.5) is 0 Å². The lowest BCUT2D eigenvalue weighted by molar-refractivity contribution is -0.148. The average Bonchev–Trinajstić information content (AvgIpc) is 2.55. The predicted molar refractivity (Wildman–Crippen MR) is 97.4 cm³/mol. The lowest BCUT2D eigenvalue weighted by atomic mass is 9.98. The molecule has 0 N–H and O–H groups in total. The average molecular weight is 370 g/mol. The Morgan fingerprint density at radius 3 is 1.84 bits per heavy atom. The number of esters is 1. The van der Waals surface area contributed by atoms with Crippen LogP contribution >= 0.6 is 7.60 Å². The maximum atomic E-state index is 13.3. The summed E-state index contributed by atoms with van der Waals surface area (Å²) in [6.45, 7) is 3.25. The molecule has 6 heteroatoms. The van der Waals surface area contributed by atoms with Gasteiger partial charge in [-0.1, -0.05) is 44.4 Å². The van der Waals surface area contributed by atoms with Crippen molar-refractivity contribution in [2.75, 3.05) is 6.16 Å². The van der Waals surface area contributed by atoms with Gasteiger partial charge in [0.1, 0.15) is 6.16 Å². The van der Waals surface area contributed by atoms with Crippen molar-refractivity contribution in [3.05, 3.63) is 0 Å². The Bertz CT molecular complexity index is 500. The van der Waals surface area contributed by atoms with Crippen LogP contribution in [0, 0.1) is 12.3 Å². The molecule has 25 heavy (non-hydrogen) atoms. The van der Waals surface area contributed by atoms with E-state index >= 15 is 0 Å². The highest BCUT2D eigenvalue weighted by atomic mass is 31.2. The minimum absolute atomic E-state index is 0.100. The highest BCUT2D eigenvalue weighted by molar-refractivity contribution is 7.54. The number of rotatable bonds is 7. The van der Waals surface area contributed by atoms with Crippen LogP contribution in [-0.2, 0) is 23.1 Å². The molecular weight excluding hydrogens is 339 g/mol. The summed E-state index contributed by atoms with van der Waals surface area (Å²) in [7, 11) is -3.55. The third-order valence-electron chi connectivity index (χ3n) is 4.76. The molecule has 2 fully saturated rings. The summed E-state index contributed by atoms with van der Waals surface area (Å²) in [6, 6.07) is 0. The molecule has 0 heterocycles. The summed E-state index contributed by atoms with van der Waals surface area (Å²) in [5, 5.41) is 0. The third-order valence-corrected chi connectivity index (χ3v) is 6.65. The SMILES string of the molecule is C#CC(C)(C)OC(=O)CP(=O)(OC1CCCCC1)OC1CCCCC1. The molecule has 0 aromatic heterocycles. The van der Waals surface area contributed by atoms with Gasteiger partial charge < -0.3 is 13.8 Å². The van der Waals surface area contributed by atoms with Gasteiger partial charge in [0.2, 0.25) is 0 Å². The first-order valence-corrected chi connectivity index (χ1v) is 11.2. The summed E-state index contributed by atoms with van der Waals surface area (Å²) in [6.07, 6.45) is 14.8. The molecule has 2 aliphatic rings. The van der Waals surface area contributed by atoms with E-state index in [0.29, 0.717) is 0 Å². The van der Waals surface area contributed by atoms with Crippen molar-refractivity contribution in [1.82, 2.24) is 0 Å². The van der Waals surface area contributed by atoms with E-state index in [1.807, 2.05) is 0 Å². The lowest BCUT2D eigenvalue weighted by Crippen LogP contribution is -2.29. The van der Waals surface area contributed by atoms with Gasteiger partial charge in [0.15, 0.2) is 5.60 Å². The minimum Gasteiger partial charge on any atom is -0.446 e. The number of ether oxygens (including phenoxy) is 1. The van der Waals surface area contributed by atoms with Crippen molar-refractivity contribution in [2.24, 2.45) is 0 Å². The lowest BCUT2D eigenvalue weighted by Gasteiger charge is -2.31. The van der Waals surface area contributed by atoms with E-state index in [-0.39, 0.29) is 18.4 Å². The number of carbonyl (C=O) groups is 1. The molecule has 0 aliphatic heterocycles. The highest BCUT2D eigenvalue weighted by Crippen LogP contribution is 2.53. The van der Waals surface area contributed by atoms with Crippen LogP contribution in [0.5, 0.6) is 0 Å². The van der Waals surface area contributed by atoms with E-state index in [1.165, 1.54) is 12.8 Å². The zero-order valence-corrected chi connectivity index (χ0v) is 16.4. The van der Waals surface area contributed by atoms with E-state index in [4.69, 9.17) is 20.2 Å². The molecule has 2 saturated carbocycles. The molecule has 0 atom stereocenters. The van der Waals surface area contributed by atoms with Gasteiger partial charge in [-0.3, -0.25) is 9.36 Å². The Kier molecular flexibility index (Phi) is 7.55. The minimum atomic E-state index is -3.55. The Morgan fingerprint density at radius 1 is 1.00 bits per heavy atom.